The van der Waals surface area contributed by atoms with Crippen molar-refractivity contribution in [2.24, 2.45) is 0 Å². The van der Waals surface area contributed by atoms with Crippen LogP contribution in [-0.2, 0) is 26.1 Å². The molecule has 0 bridgehead atoms. The second kappa shape index (κ2) is 9.41. The molecule has 1 fully saturated rings. The number of rotatable bonds is 6. The molecule has 2 aromatic rings. The molecule has 2 aromatic carbocycles. The number of halogens is 1. The molecule has 2 N–H and O–H groups in total. The SMILES string of the molecule is C[C@H]1CN(S(=O)(=O)c2ccc(OCc3ccc(F)cc3)cc2)[C@H](OC(=O)NO)C(C)(C)O1. The van der Waals surface area contributed by atoms with Gasteiger partial charge in [0.15, 0.2) is 6.23 Å². The standard InChI is InChI=1S/C21H25FN2O7S/c1-14-12-24(19(21(2,3)31-14)30-20(25)23-26)32(27,28)18-10-8-17(9-11-18)29-13-15-4-6-16(22)7-5-15/h4-11,14,19,26H,12-13H2,1-3H3,(H,23,25)/t14-,19+/m0/s1. The molecule has 0 unspecified atom stereocenters. The highest BCUT2D eigenvalue weighted by molar-refractivity contribution is 7.89. The van der Waals surface area contributed by atoms with Crippen LogP contribution in [0.3, 0.4) is 0 Å². The number of hydroxylamine groups is 1. The highest BCUT2D eigenvalue weighted by Gasteiger charge is 2.49. The maximum atomic E-state index is 13.3. The van der Waals surface area contributed by atoms with E-state index in [0.717, 1.165) is 9.87 Å². The zero-order valence-corrected chi connectivity index (χ0v) is 18.6. The minimum atomic E-state index is -4.09. The minimum Gasteiger partial charge on any atom is -0.489 e. The Morgan fingerprint density at radius 2 is 1.84 bits per heavy atom. The van der Waals surface area contributed by atoms with Crippen LogP contribution in [0.4, 0.5) is 9.18 Å². The first-order chi connectivity index (χ1) is 15.0. The molecule has 1 heterocycles. The van der Waals surface area contributed by atoms with Crippen LogP contribution in [0.15, 0.2) is 53.4 Å². The highest BCUT2D eigenvalue weighted by atomic mass is 32.2. The summed E-state index contributed by atoms with van der Waals surface area (Å²) in [5.41, 5.74) is 0.923. The van der Waals surface area contributed by atoms with Crippen molar-refractivity contribution in [1.29, 1.82) is 0 Å². The van der Waals surface area contributed by atoms with Crippen molar-refractivity contribution in [3.63, 3.8) is 0 Å². The van der Waals surface area contributed by atoms with E-state index in [1.165, 1.54) is 41.9 Å². The van der Waals surface area contributed by atoms with Crippen LogP contribution >= 0.6 is 0 Å². The highest BCUT2D eigenvalue weighted by Crippen LogP contribution is 2.33. The number of sulfonamides is 1. The number of amides is 1. The summed E-state index contributed by atoms with van der Waals surface area (Å²) in [4.78, 5) is 11.6. The Hall–Kier alpha value is -2.73. The van der Waals surface area contributed by atoms with E-state index < -0.39 is 34.0 Å². The third-order valence-corrected chi connectivity index (χ3v) is 6.68. The van der Waals surface area contributed by atoms with E-state index in [0.29, 0.717) is 5.75 Å². The summed E-state index contributed by atoms with van der Waals surface area (Å²) in [5.74, 6) is 0.0825. The van der Waals surface area contributed by atoms with Crippen molar-refractivity contribution in [1.82, 2.24) is 9.79 Å². The topological polar surface area (TPSA) is 114 Å². The van der Waals surface area contributed by atoms with Crippen LogP contribution in [0.25, 0.3) is 0 Å². The Bertz CT molecular complexity index is 1040. The number of ether oxygens (including phenoxy) is 3. The second-order valence-corrected chi connectivity index (χ2v) is 9.75. The number of nitrogens with zero attached hydrogens (tertiary/aromatic N) is 1. The van der Waals surface area contributed by atoms with Gasteiger partial charge in [-0.1, -0.05) is 12.1 Å². The molecule has 2 atom stereocenters. The largest absolute Gasteiger partial charge is 0.489 e. The molecule has 0 aliphatic carbocycles. The molecule has 0 aromatic heterocycles. The average molecular weight is 469 g/mol. The molecular formula is C21H25FN2O7S. The molecule has 1 aliphatic heterocycles. The Labute approximate surface area is 185 Å². The van der Waals surface area contributed by atoms with Gasteiger partial charge in [-0.15, -0.1) is 0 Å². The van der Waals surface area contributed by atoms with Gasteiger partial charge in [-0.05, 0) is 62.7 Å². The Morgan fingerprint density at radius 3 is 2.44 bits per heavy atom. The van der Waals surface area contributed by atoms with E-state index in [1.807, 2.05) is 0 Å². The molecule has 9 nitrogen and oxygen atoms in total. The van der Waals surface area contributed by atoms with Crippen molar-refractivity contribution in [3.8, 4) is 5.75 Å². The number of carbonyl (C=O) groups is 1. The summed E-state index contributed by atoms with van der Waals surface area (Å²) in [5, 5.41) is 8.80. The van der Waals surface area contributed by atoms with Gasteiger partial charge in [0, 0.05) is 6.54 Å². The lowest BCUT2D eigenvalue weighted by Gasteiger charge is -2.46. The second-order valence-electron chi connectivity index (χ2n) is 7.86. The Morgan fingerprint density at radius 1 is 1.22 bits per heavy atom. The number of benzene rings is 2. The number of nitrogens with one attached hydrogen (secondary N) is 1. The van der Waals surface area contributed by atoms with Crippen LogP contribution in [0, 0.1) is 5.82 Å². The van der Waals surface area contributed by atoms with Crippen LogP contribution < -0.4 is 10.2 Å². The van der Waals surface area contributed by atoms with E-state index in [2.05, 4.69) is 0 Å². The van der Waals surface area contributed by atoms with Gasteiger partial charge in [0.2, 0.25) is 10.0 Å². The van der Waals surface area contributed by atoms with Crippen LogP contribution in [-0.4, -0.2) is 48.5 Å². The van der Waals surface area contributed by atoms with Crippen molar-refractivity contribution in [3.05, 3.63) is 59.9 Å². The van der Waals surface area contributed by atoms with Gasteiger partial charge < -0.3 is 14.2 Å². The first-order valence-corrected chi connectivity index (χ1v) is 11.2. The molecule has 0 radical (unpaired) electrons. The third-order valence-electron chi connectivity index (χ3n) is 4.86. The summed E-state index contributed by atoms with van der Waals surface area (Å²) in [6, 6.07) is 11.6. The summed E-state index contributed by atoms with van der Waals surface area (Å²) in [6.45, 7) is 5.02. The van der Waals surface area contributed by atoms with E-state index in [9.17, 15) is 17.6 Å². The normalized spacial score (nSPS) is 21.0. The molecule has 0 spiro atoms. The van der Waals surface area contributed by atoms with Crippen molar-refractivity contribution < 1.29 is 37.0 Å². The molecule has 32 heavy (non-hydrogen) atoms. The first kappa shape index (κ1) is 23.9. The summed E-state index contributed by atoms with van der Waals surface area (Å²) in [7, 11) is -4.09. The minimum absolute atomic E-state index is 0.0328. The van der Waals surface area contributed by atoms with Gasteiger partial charge in [-0.2, -0.15) is 4.31 Å². The maximum absolute atomic E-state index is 13.3. The van der Waals surface area contributed by atoms with Crippen LogP contribution in [0.5, 0.6) is 5.75 Å². The quantitative estimate of drug-likeness (QED) is 0.495. The van der Waals surface area contributed by atoms with Crippen molar-refractivity contribution in [2.75, 3.05) is 6.54 Å². The first-order valence-electron chi connectivity index (χ1n) is 9.80. The molecule has 1 aliphatic rings. The van der Waals surface area contributed by atoms with Crippen molar-refractivity contribution in [2.45, 2.75) is 50.2 Å². The zero-order chi connectivity index (χ0) is 23.5. The molecule has 0 saturated carbocycles. The van der Waals surface area contributed by atoms with E-state index >= 15 is 0 Å². The van der Waals surface area contributed by atoms with Gasteiger partial charge in [-0.3, -0.25) is 5.21 Å². The Balaban J connectivity index is 1.80. The molecule has 174 valence electrons. The summed E-state index contributed by atoms with van der Waals surface area (Å²) < 4.78 is 57.2. The summed E-state index contributed by atoms with van der Waals surface area (Å²) in [6.07, 6.45) is -2.98. The van der Waals surface area contributed by atoms with E-state index in [1.54, 1.807) is 32.9 Å². The smallest absolute Gasteiger partial charge is 0.432 e. The molecule has 1 saturated heterocycles. The number of hydrogen-bond donors (Lipinski definition) is 2. The number of morpholine rings is 1. The summed E-state index contributed by atoms with van der Waals surface area (Å²) >= 11 is 0. The van der Waals surface area contributed by atoms with Crippen molar-refractivity contribution >= 4 is 16.1 Å². The monoisotopic (exact) mass is 468 g/mol. The molecule has 11 heteroatoms. The van der Waals surface area contributed by atoms with E-state index in [-0.39, 0.29) is 23.9 Å². The number of carbonyl (C=O) groups excluding carboxylic acids is 1. The van der Waals surface area contributed by atoms with Crippen LogP contribution in [0.1, 0.15) is 26.3 Å². The van der Waals surface area contributed by atoms with Gasteiger partial charge in [0.1, 0.15) is 23.8 Å². The lowest BCUT2D eigenvalue weighted by Crippen LogP contribution is -2.62. The van der Waals surface area contributed by atoms with Gasteiger partial charge in [0.05, 0.1) is 11.0 Å². The predicted molar refractivity (Wildman–Crippen MR) is 111 cm³/mol. The average Bonchev–Trinajstić information content (AvgIpc) is 2.74. The fraction of sp³-hybridized carbons (Fsp3) is 0.381. The fourth-order valence-electron chi connectivity index (χ4n) is 3.45. The molecular weight excluding hydrogens is 443 g/mol. The van der Waals surface area contributed by atoms with Gasteiger partial charge in [-0.25, -0.2) is 23.1 Å². The van der Waals surface area contributed by atoms with Crippen LogP contribution in [0.2, 0.25) is 0 Å². The Kier molecular flexibility index (Phi) is 7.03. The fourth-order valence-corrected chi connectivity index (χ4v) is 5.16. The molecule has 1 amide bonds. The zero-order valence-electron chi connectivity index (χ0n) is 17.8. The van der Waals surface area contributed by atoms with Gasteiger partial charge >= 0.3 is 6.09 Å². The van der Waals surface area contributed by atoms with Gasteiger partial charge in [0.25, 0.3) is 0 Å². The predicted octanol–water partition coefficient (Wildman–Crippen LogP) is 3.03. The lowest BCUT2D eigenvalue weighted by molar-refractivity contribution is -0.205. The maximum Gasteiger partial charge on any atom is 0.432 e. The third kappa shape index (κ3) is 5.36. The molecule has 3 rings (SSSR count). The lowest BCUT2D eigenvalue weighted by atomic mass is 10.0. The number of hydrogen-bond acceptors (Lipinski definition) is 7. The van der Waals surface area contributed by atoms with E-state index in [4.69, 9.17) is 19.4 Å².